The zero-order valence-corrected chi connectivity index (χ0v) is 53.0. The molecule has 6 aromatic rings. The number of hydrogen-bond acceptors (Lipinski definition) is 18. The average Bonchev–Trinajstić information content (AvgIpc) is 1.78. The van der Waals surface area contributed by atoms with Gasteiger partial charge in [-0.15, -0.1) is 0 Å². The third kappa shape index (κ3) is 18.7. The number of rotatable bonds is 26. The largest absolute Gasteiger partial charge is 0.744 e. The lowest BCUT2D eigenvalue weighted by Crippen LogP contribution is -2.53. The van der Waals surface area contributed by atoms with E-state index >= 15 is 0 Å². The molecule has 22 heteroatoms. The van der Waals surface area contributed by atoms with Gasteiger partial charge in [-0.1, -0.05) is 48.5 Å². The van der Waals surface area contributed by atoms with Crippen LogP contribution in [0.1, 0.15) is 77.6 Å². The van der Waals surface area contributed by atoms with Gasteiger partial charge < -0.3 is 65.4 Å². The zero-order chi connectivity index (χ0) is 63.4. The fourth-order valence-electron chi connectivity index (χ4n) is 11.1. The molecule has 0 unspecified atom stereocenters. The van der Waals surface area contributed by atoms with Crippen LogP contribution < -0.4 is 37.9 Å². The first-order chi connectivity index (χ1) is 41.6. The van der Waals surface area contributed by atoms with E-state index in [1.54, 1.807) is 69.0 Å². The molecule has 0 N–H and O–H groups in total. The van der Waals surface area contributed by atoms with Crippen LogP contribution in [0.25, 0.3) is 0 Å². The van der Waals surface area contributed by atoms with E-state index in [9.17, 15) is 35.5 Å². The van der Waals surface area contributed by atoms with E-state index in [1.807, 2.05) is 24.3 Å². The van der Waals surface area contributed by atoms with E-state index in [2.05, 4.69) is 50.5 Å². The Balaban J connectivity index is 0.000000507. The molecule has 0 fully saturated rings. The molecule has 2 heterocycles. The summed E-state index contributed by atoms with van der Waals surface area (Å²) in [5.41, 5.74) is 7.00. The van der Waals surface area contributed by atoms with Gasteiger partial charge in [-0.25, -0.2) is 16.8 Å². The van der Waals surface area contributed by atoms with Crippen molar-refractivity contribution in [2.24, 2.45) is 0 Å². The molecule has 0 saturated carbocycles. The summed E-state index contributed by atoms with van der Waals surface area (Å²) in [6.45, 7) is 3.57. The lowest BCUT2D eigenvalue weighted by molar-refractivity contribution is -0.940. The first-order valence-corrected chi connectivity index (χ1v) is 31.3. The van der Waals surface area contributed by atoms with Gasteiger partial charge in [-0.05, 0) is 114 Å². The highest BCUT2D eigenvalue weighted by Gasteiger charge is 2.42. The van der Waals surface area contributed by atoms with Crippen LogP contribution in [-0.4, -0.2) is 157 Å². The molecule has 472 valence electrons. The highest BCUT2D eigenvalue weighted by molar-refractivity contribution is 7.86. The number of benzene rings is 6. The van der Waals surface area contributed by atoms with Gasteiger partial charge in [-0.2, -0.15) is 0 Å². The van der Waals surface area contributed by atoms with Crippen LogP contribution in [0.3, 0.4) is 0 Å². The maximum atomic E-state index is 13.2. The maximum absolute atomic E-state index is 13.2. The summed E-state index contributed by atoms with van der Waals surface area (Å²) in [5.74, 6) is 5.06. The summed E-state index contributed by atoms with van der Waals surface area (Å²) in [4.78, 5) is 26.0. The fourth-order valence-corrected chi connectivity index (χ4v) is 12.1. The Morgan fingerprint density at radius 2 is 0.759 bits per heavy atom. The van der Waals surface area contributed by atoms with Crippen molar-refractivity contribution in [3.63, 3.8) is 0 Å². The first-order valence-electron chi connectivity index (χ1n) is 28.5. The molecule has 0 bridgehead atoms. The van der Waals surface area contributed by atoms with E-state index in [0.717, 1.165) is 56.3 Å². The number of methoxy groups -OCH3 is 8. The SMILES string of the molecule is COc1ccc(C[C@@H]2c3cc(OC)c(OC)cc3CC[N@+]2(C)CCC(=O)OCCCCCOC(=O)CC[N@@+]2(C)CCc3cc(OC)c(OC)cc3[C@@H]2Cc2ccc(OC)c(OC)c2)cc1OC.O=S(=O)([O-])c1ccccc1.O=S(=O)([O-])c1ccccc1. The Morgan fingerprint density at radius 3 is 1.07 bits per heavy atom. The first kappa shape index (κ1) is 68.5. The van der Waals surface area contributed by atoms with Crippen molar-refractivity contribution in [1.82, 2.24) is 0 Å². The highest BCUT2D eigenvalue weighted by Crippen LogP contribution is 2.45. The van der Waals surface area contributed by atoms with Gasteiger partial charge in [-0.3, -0.25) is 9.59 Å². The third-order valence-corrected chi connectivity index (χ3v) is 17.8. The van der Waals surface area contributed by atoms with Gasteiger partial charge in [0.25, 0.3) is 0 Å². The van der Waals surface area contributed by atoms with E-state index < -0.39 is 20.2 Å². The predicted molar refractivity (Wildman–Crippen MR) is 324 cm³/mol. The molecule has 0 aromatic heterocycles. The van der Waals surface area contributed by atoms with Crippen molar-refractivity contribution in [3.8, 4) is 46.0 Å². The Bertz CT molecular complexity index is 3230. The molecule has 20 nitrogen and oxygen atoms in total. The molecule has 2 aliphatic rings. The quantitative estimate of drug-likeness (QED) is 0.0213. The van der Waals surface area contributed by atoms with Gasteiger partial charge >= 0.3 is 11.9 Å². The summed E-state index contributed by atoms with van der Waals surface area (Å²) < 4.78 is 120. The van der Waals surface area contributed by atoms with E-state index in [-0.39, 0.29) is 33.8 Å². The van der Waals surface area contributed by atoms with Crippen molar-refractivity contribution in [1.29, 1.82) is 0 Å². The number of quaternary nitrogens is 2. The molecule has 4 atom stereocenters. The predicted octanol–water partition coefficient (Wildman–Crippen LogP) is 9.25. The fraction of sp³-hybridized carbons (Fsp3) is 0.415. The molecule has 6 aromatic carbocycles. The second kappa shape index (κ2) is 31.9. The van der Waals surface area contributed by atoms with E-state index in [4.69, 9.17) is 47.4 Å². The number of carbonyl (C=O) groups is 2. The molecular formula is C65H82N2O18S2. The lowest BCUT2D eigenvalue weighted by atomic mass is 9.86. The van der Waals surface area contributed by atoms with Gasteiger partial charge in [0.05, 0.1) is 133 Å². The van der Waals surface area contributed by atoms with Crippen molar-refractivity contribution >= 4 is 32.2 Å². The van der Waals surface area contributed by atoms with Gasteiger partial charge in [0.15, 0.2) is 46.0 Å². The molecule has 0 aliphatic carbocycles. The molecule has 0 spiro atoms. The van der Waals surface area contributed by atoms with Crippen LogP contribution in [0.5, 0.6) is 46.0 Å². The zero-order valence-electron chi connectivity index (χ0n) is 51.4. The topological polar surface area (TPSA) is 241 Å². The number of nitrogens with zero attached hydrogens (tertiary/aromatic N) is 2. The van der Waals surface area contributed by atoms with E-state index in [1.165, 1.54) is 70.8 Å². The molecule has 0 radical (unpaired) electrons. The summed E-state index contributed by atoms with van der Waals surface area (Å²) in [6, 6.07) is 34.9. The van der Waals surface area contributed by atoms with Gasteiger partial charge in [0.1, 0.15) is 32.3 Å². The molecule has 0 saturated heterocycles. The molecule has 2 aliphatic heterocycles. The van der Waals surface area contributed by atoms with Gasteiger partial charge in [0, 0.05) is 36.8 Å². The van der Waals surface area contributed by atoms with Crippen LogP contribution >= 0.6 is 0 Å². The summed E-state index contributed by atoms with van der Waals surface area (Å²) in [6.07, 6.45) is 5.85. The summed E-state index contributed by atoms with van der Waals surface area (Å²) in [7, 11) is 9.11. The number of esters is 2. The highest BCUT2D eigenvalue weighted by atomic mass is 32.2. The summed E-state index contributed by atoms with van der Waals surface area (Å²) >= 11 is 0. The van der Waals surface area contributed by atoms with Crippen molar-refractivity contribution < 1.29 is 91.9 Å². The minimum atomic E-state index is -4.25. The van der Waals surface area contributed by atoms with E-state index in [0.29, 0.717) is 107 Å². The monoisotopic (exact) mass is 1240 g/mol. The second-order valence-corrected chi connectivity index (χ2v) is 24.3. The number of carbonyl (C=O) groups excluding carboxylic acids is 2. The van der Waals surface area contributed by atoms with Crippen LogP contribution in [0, 0.1) is 0 Å². The van der Waals surface area contributed by atoms with Crippen LogP contribution in [0.4, 0.5) is 0 Å². The Morgan fingerprint density at radius 1 is 0.437 bits per heavy atom. The molecule has 8 rings (SSSR count). The minimum Gasteiger partial charge on any atom is -0.744 e. The molecule has 87 heavy (non-hydrogen) atoms. The summed E-state index contributed by atoms with van der Waals surface area (Å²) in [5, 5.41) is 0. The van der Waals surface area contributed by atoms with Gasteiger partial charge in [0.2, 0.25) is 0 Å². The molecular weight excluding hydrogens is 1160 g/mol. The minimum absolute atomic E-state index is 0.0393. The average molecular weight is 1240 g/mol. The lowest BCUT2D eigenvalue weighted by Gasteiger charge is -2.46. The smallest absolute Gasteiger partial charge is 0.311 e. The van der Waals surface area contributed by atoms with Crippen molar-refractivity contribution in [3.05, 3.63) is 155 Å². The normalized spacial score (nSPS) is 17.7. The Labute approximate surface area is 512 Å². The van der Waals surface area contributed by atoms with Crippen LogP contribution in [-0.2, 0) is 65.0 Å². The van der Waals surface area contributed by atoms with Crippen LogP contribution in [0.15, 0.2) is 131 Å². The maximum Gasteiger partial charge on any atom is 0.311 e. The number of unbranched alkanes of at least 4 members (excludes halogenated alkanes) is 2. The third-order valence-electron chi connectivity index (χ3n) is 16.1. The number of ether oxygens (including phenoxy) is 10. The van der Waals surface area contributed by atoms with Crippen molar-refractivity contribution in [2.45, 2.75) is 79.7 Å². The Kier molecular flexibility index (Phi) is 25.1. The van der Waals surface area contributed by atoms with Crippen LogP contribution in [0.2, 0.25) is 0 Å². The van der Waals surface area contributed by atoms with Crippen molar-refractivity contribution in [2.75, 3.05) is 110 Å². The number of likely N-dealkylation sites (N-methyl/N-ethyl adjacent to an activating group) is 2. The number of hydrogen-bond donors (Lipinski definition) is 0. The second-order valence-electron chi connectivity index (χ2n) is 21.5. The standard InChI is InChI=1S/C53H72N2O12.2C6H6O3S/c1-54(22-18-38-32-48(62-7)50(64-9)34-40(38)42(54)28-36-14-16-44(58-3)46(30-36)60-5)24-20-52(56)66-26-12-11-13-27-67-53(57)21-25-55(2)23-19-39-33-49(63-8)51(65-10)35-41(39)43(55)29-37-15-17-45(59-4)47(31-37)61-6;2*7-10(8,9)6-4-2-1-3-5-6/h14-17,30-35,42-43H,11-13,18-29H2,1-10H3;2*1-5H,(H,7,8,9)/q+2;;/p-2/t42-,43+,54-,55-;;/m1../s1. The molecule has 0 amide bonds. The number of fused-ring (bicyclic) bond motifs is 2. The Hall–Kier alpha value is -7.60.